The van der Waals surface area contributed by atoms with Gasteiger partial charge in [-0.2, -0.15) is 0 Å². The minimum absolute atomic E-state index is 0.357. The van der Waals surface area contributed by atoms with Crippen molar-refractivity contribution in [2.45, 2.75) is 5.60 Å². The summed E-state index contributed by atoms with van der Waals surface area (Å²) in [4.78, 5) is 8.08. The van der Waals surface area contributed by atoms with Crippen molar-refractivity contribution in [3.8, 4) is 11.4 Å². The molecular formula is C20H14ClFN2OS. The molecular weight excluding hydrogens is 371 g/mol. The zero-order valence-electron chi connectivity index (χ0n) is 13.5. The Bertz CT molecular complexity index is 965. The van der Waals surface area contributed by atoms with Gasteiger partial charge in [-0.05, 0) is 46.8 Å². The fraction of sp³-hybridized carbons (Fsp3) is 0.0500. The van der Waals surface area contributed by atoms with Crippen molar-refractivity contribution in [1.29, 1.82) is 0 Å². The highest BCUT2D eigenvalue weighted by Crippen LogP contribution is 2.44. The molecule has 0 spiro atoms. The topological polar surface area (TPSA) is 48.9 Å². The Morgan fingerprint density at radius 3 is 2.27 bits per heavy atom. The molecule has 0 aliphatic carbocycles. The Labute approximate surface area is 158 Å². The zero-order valence-corrected chi connectivity index (χ0v) is 15.1. The molecule has 0 saturated carbocycles. The summed E-state index contributed by atoms with van der Waals surface area (Å²) >= 11 is 7.44. The zero-order chi connectivity index (χ0) is 18.1. The fourth-order valence-corrected chi connectivity index (χ4v) is 4.16. The third-order valence-corrected chi connectivity index (χ3v) is 5.55. The van der Waals surface area contributed by atoms with Crippen molar-refractivity contribution in [3.05, 3.63) is 99.2 Å². The molecule has 0 bridgehead atoms. The van der Waals surface area contributed by atoms with Gasteiger partial charge in [-0.1, -0.05) is 35.9 Å². The first-order valence-corrected chi connectivity index (χ1v) is 9.17. The molecule has 2 aromatic heterocycles. The summed E-state index contributed by atoms with van der Waals surface area (Å²) in [5.41, 5.74) is 0.538. The van der Waals surface area contributed by atoms with E-state index < -0.39 is 5.60 Å². The van der Waals surface area contributed by atoms with E-state index in [0.717, 1.165) is 5.56 Å². The number of aliphatic hydroxyl groups is 1. The highest BCUT2D eigenvalue weighted by atomic mass is 35.5. The Balaban J connectivity index is 1.96. The molecule has 0 amide bonds. The number of aromatic nitrogens is 2. The average Bonchev–Trinajstić information content (AvgIpc) is 3.34. The van der Waals surface area contributed by atoms with Crippen LogP contribution < -0.4 is 0 Å². The quantitative estimate of drug-likeness (QED) is 0.507. The van der Waals surface area contributed by atoms with E-state index in [-0.39, 0.29) is 5.82 Å². The molecule has 1 unspecified atom stereocenters. The van der Waals surface area contributed by atoms with Crippen LogP contribution in [-0.4, -0.2) is 15.1 Å². The summed E-state index contributed by atoms with van der Waals surface area (Å²) in [6.07, 6.45) is 3.39. The van der Waals surface area contributed by atoms with Crippen molar-refractivity contribution in [3.63, 3.8) is 0 Å². The lowest BCUT2D eigenvalue weighted by atomic mass is 9.83. The summed E-state index contributed by atoms with van der Waals surface area (Å²) in [5, 5.41) is 14.4. The van der Waals surface area contributed by atoms with Crippen LogP contribution in [0.25, 0.3) is 11.4 Å². The van der Waals surface area contributed by atoms with Crippen LogP contribution in [0.4, 0.5) is 4.39 Å². The molecule has 3 nitrogen and oxygen atoms in total. The maximum atomic E-state index is 13.5. The van der Waals surface area contributed by atoms with Crippen molar-refractivity contribution < 1.29 is 9.50 Å². The molecule has 0 fully saturated rings. The molecule has 4 aromatic rings. The SMILES string of the molecule is OC(c1ccc(F)cc1)(c1ccc(Cl)cc1)c1sccc1-c1ncc[nH]1. The van der Waals surface area contributed by atoms with Crippen LogP contribution >= 0.6 is 22.9 Å². The number of halogens is 2. The standard InChI is InChI=1S/C20H14ClFN2OS/c21-15-5-1-13(2-6-15)20(25,14-3-7-16(22)8-4-14)18-17(9-12-26-18)19-23-10-11-24-19/h1-12,25H,(H,23,24). The molecule has 0 aliphatic rings. The number of benzene rings is 2. The van der Waals surface area contributed by atoms with Crippen molar-refractivity contribution in [1.82, 2.24) is 9.97 Å². The molecule has 130 valence electrons. The number of nitrogens with one attached hydrogen (secondary N) is 1. The number of rotatable bonds is 4. The highest BCUT2D eigenvalue weighted by Gasteiger charge is 2.37. The fourth-order valence-electron chi connectivity index (χ4n) is 3.00. The first-order valence-electron chi connectivity index (χ1n) is 7.91. The van der Waals surface area contributed by atoms with Gasteiger partial charge in [0.1, 0.15) is 17.2 Å². The second-order valence-corrected chi connectivity index (χ2v) is 7.18. The molecule has 0 aliphatic heterocycles. The van der Waals surface area contributed by atoms with E-state index in [1.165, 1.54) is 23.5 Å². The van der Waals surface area contributed by atoms with Gasteiger partial charge in [-0.25, -0.2) is 9.37 Å². The lowest BCUT2D eigenvalue weighted by Crippen LogP contribution is -2.28. The van der Waals surface area contributed by atoms with Crippen molar-refractivity contribution in [2.24, 2.45) is 0 Å². The molecule has 1 atom stereocenters. The van der Waals surface area contributed by atoms with Gasteiger partial charge in [0.2, 0.25) is 0 Å². The van der Waals surface area contributed by atoms with E-state index in [1.54, 1.807) is 48.8 Å². The molecule has 4 rings (SSSR count). The minimum Gasteiger partial charge on any atom is -0.375 e. The smallest absolute Gasteiger partial charge is 0.150 e. The number of hydrogen-bond acceptors (Lipinski definition) is 3. The summed E-state index contributed by atoms with van der Waals surface area (Å²) in [6, 6.07) is 14.8. The summed E-state index contributed by atoms with van der Waals surface area (Å²) < 4.78 is 13.5. The maximum absolute atomic E-state index is 13.5. The van der Waals surface area contributed by atoms with Crippen LogP contribution in [0.2, 0.25) is 5.02 Å². The molecule has 2 aromatic carbocycles. The summed E-state index contributed by atoms with van der Waals surface area (Å²) in [6.45, 7) is 0. The van der Waals surface area contributed by atoms with Crippen LogP contribution in [-0.2, 0) is 5.60 Å². The Hall–Kier alpha value is -2.47. The predicted octanol–water partition coefficient (Wildman–Crippen LogP) is 5.21. The lowest BCUT2D eigenvalue weighted by Gasteiger charge is -2.29. The number of aromatic amines is 1. The van der Waals surface area contributed by atoms with Crippen LogP contribution in [0.15, 0.2) is 72.4 Å². The number of nitrogens with zero attached hydrogens (tertiary/aromatic N) is 1. The van der Waals surface area contributed by atoms with Crippen LogP contribution in [0.3, 0.4) is 0 Å². The van der Waals surface area contributed by atoms with Crippen LogP contribution in [0, 0.1) is 5.82 Å². The van der Waals surface area contributed by atoms with Gasteiger partial charge in [0.05, 0.1) is 4.88 Å². The molecule has 0 radical (unpaired) electrons. The average molecular weight is 385 g/mol. The Morgan fingerprint density at radius 1 is 1.00 bits per heavy atom. The predicted molar refractivity (Wildman–Crippen MR) is 102 cm³/mol. The van der Waals surface area contributed by atoms with Gasteiger partial charge in [0.25, 0.3) is 0 Å². The highest BCUT2D eigenvalue weighted by molar-refractivity contribution is 7.10. The first kappa shape index (κ1) is 17.0. The lowest BCUT2D eigenvalue weighted by molar-refractivity contribution is 0.130. The number of imidazole rings is 1. The van der Waals surface area contributed by atoms with Crippen LogP contribution in [0.1, 0.15) is 16.0 Å². The van der Waals surface area contributed by atoms with E-state index in [2.05, 4.69) is 9.97 Å². The minimum atomic E-state index is -1.46. The third kappa shape index (κ3) is 2.84. The van der Waals surface area contributed by atoms with Gasteiger partial charge >= 0.3 is 0 Å². The van der Waals surface area contributed by atoms with E-state index in [0.29, 0.717) is 26.9 Å². The summed E-state index contributed by atoms with van der Waals surface area (Å²) in [7, 11) is 0. The third-order valence-electron chi connectivity index (χ3n) is 4.27. The van der Waals surface area contributed by atoms with E-state index in [9.17, 15) is 9.50 Å². The van der Waals surface area contributed by atoms with E-state index in [1.807, 2.05) is 11.4 Å². The molecule has 0 saturated heterocycles. The first-order chi connectivity index (χ1) is 12.6. The molecule has 2 N–H and O–H groups in total. The normalized spacial score (nSPS) is 13.5. The van der Waals surface area contributed by atoms with Gasteiger partial charge in [0.15, 0.2) is 0 Å². The van der Waals surface area contributed by atoms with Gasteiger partial charge < -0.3 is 10.1 Å². The number of hydrogen-bond donors (Lipinski definition) is 2. The maximum Gasteiger partial charge on any atom is 0.150 e. The van der Waals surface area contributed by atoms with E-state index >= 15 is 0 Å². The monoisotopic (exact) mass is 384 g/mol. The molecule has 6 heteroatoms. The Morgan fingerprint density at radius 2 is 1.65 bits per heavy atom. The van der Waals surface area contributed by atoms with Crippen molar-refractivity contribution >= 4 is 22.9 Å². The number of H-pyrrole nitrogens is 1. The second-order valence-electron chi connectivity index (χ2n) is 5.83. The number of thiophene rings is 1. The summed E-state index contributed by atoms with van der Waals surface area (Å²) in [5.74, 6) is 0.306. The van der Waals surface area contributed by atoms with E-state index in [4.69, 9.17) is 11.6 Å². The second kappa shape index (κ2) is 6.68. The largest absolute Gasteiger partial charge is 0.375 e. The van der Waals surface area contributed by atoms with Gasteiger partial charge in [-0.3, -0.25) is 0 Å². The van der Waals surface area contributed by atoms with Gasteiger partial charge in [0, 0.05) is 23.0 Å². The van der Waals surface area contributed by atoms with Crippen molar-refractivity contribution in [2.75, 3.05) is 0 Å². The Kier molecular flexibility index (Phi) is 4.36. The molecule has 26 heavy (non-hydrogen) atoms. The van der Waals surface area contributed by atoms with Gasteiger partial charge in [-0.15, -0.1) is 11.3 Å². The molecule has 2 heterocycles. The van der Waals surface area contributed by atoms with Crippen LogP contribution in [0.5, 0.6) is 0 Å².